The van der Waals surface area contributed by atoms with E-state index in [1.807, 2.05) is 48.0 Å². The number of amides is 4. The van der Waals surface area contributed by atoms with Crippen molar-refractivity contribution in [2.24, 2.45) is 0 Å². The summed E-state index contributed by atoms with van der Waals surface area (Å²) in [6.07, 6.45) is 0. The molecule has 2 aliphatic heterocycles. The third-order valence-electron chi connectivity index (χ3n) is 6.61. The average molecular weight is 485 g/mol. The number of hydrogen-bond acceptors (Lipinski definition) is 6. The molecule has 1 saturated heterocycles. The lowest BCUT2D eigenvalue weighted by Gasteiger charge is -2.31. The molecule has 1 aromatic heterocycles. The van der Waals surface area contributed by atoms with E-state index in [0.717, 1.165) is 26.9 Å². The van der Waals surface area contributed by atoms with E-state index < -0.39 is 17.5 Å². The van der Waals surface area contributed by atoms with Gasteiger partial charge in [0.2, 0.25) is 0 Å². The van der Waals surface area contributed by atoms with Gasteiger partial charge in [-0.2, -0.15) is 0 Å². The van der Waals surface area contributed by atoms with Crippen molar-refractivity contribution in [3.05, 3.63) is 82.9 Å². The Kier molecular flexibility index (Phi) is 4.82. The summed E-state index contributed by atoms with van der Waals surface area (Å²) >= 11 is 1.58. The predicted molar refractivity (Wildman–Crippen MR) is 131 cm³/mol. The molecular weight excluding hydrogens is 464 g/mol. The smallest absolute Gasteiger partial charge is 0.322 e. The second kappa shape index (κ2) is 7.92. The molecule has 3 heterocycles. The van der Waals surface area contributed by atoms with Gasteiger partial charge in [0.05, 0.1) is 29.4 Å². The van der Waals surface area contributed by atoms with Crippen LogP contribution in [0, 0.1) is 0 Å². The van der Waals surface area contributed by atoms with E-state index >= 15 is 0 Å². The Morgan fingerprint density at radius 2 is 1.83 bits per heavy atom. The maximum Gasteiger partial charge on any atom is 0.322 e. The quantitative estimate of drug-likeness (QED) is 0.421. The molecule has 0 radical (unpaired) electrons. The number of methoxy groups -OCH3 is 1. The number of urea groups is 1. The molecule has 0 unspecified atom stereocenters. The van der Waals surface area contributed by atoms with Gasteiger partial charge in [0.1, 0.15) is 5.75 Å². The van der Waals surface area contributed by atoms with Gasteiger partial charge in [-0.3, -0.25) is 14.9 Å². The molecule has 4 aromatic rings. The van der Waals surface area contributed by atoms with E-state index in [0.29, 0.717) is 23.4 Å². The molecule has 174 valence electrons. The highest BCUT2D eigenvalue weighted by molar-refractivity contribution is 7.16. The molecule has 9 heteroatoms. The van der Waals surface area contributed by atoms with Crippen LogP contribution < -0.4 is 15.4 Å². The van der Waals surface area contributed by atoms with E-state index in [-0.39, 0.29) is 12.5 Å². The van der Waals surface area contributed by atoms with Gasteiger partial charge in [-0.1, -0.05) is 36.4 Å². The summed E-state index contributed by atoms with van der Waals surface area (Å²) in [6.45, 7) is 0.350. The number of nitrogens with one attached hydrogen (secondary N) is 2. The van der Waals surface area contributed by atoms with Crippen molar-refractivity contribution in [2.45, 2.75) is 12.1 Å². The Bertz CT molecular complexity index is 1510. The van der Waals surface area contributed by atoms with Gasteiger partial charge < -0.3 is 15.0 Å². The summed E-state index contributed by atoms with van der Waals surface area (Å²) < 4.78 is 6.34. The van der Waals surface area contributed by atoms with Crippen LogP contribution >= 0.6 is 11.3 Å². The lowest BCUT2D eigenvalue weighted by molar-refractivity contribution is -0.124. The van der Waals surface area contributed by atoms with Crippen LogP contribution in [0.5, 0.6) is 5.75 Å². The minimum atomic E-state index is -1.39. The zero-order chi connectivity index (χ0) is 24.2. The molecule has 1 atom stereocenters. The van der Waals surface area contributed by atoms with E-state index in [2.05, 4.69) is 21.7 Å². The highest BCUT2D eigenvalue weighted by atomic mass is 32.1. The van der Waals surface area contributed by atoms with Crippen LogP contribution in [0.4, 0.5) is 4.79 Å². The molecule has 1 fully saturated rings. The largest absolute Gasteiger partial charge is 0.497 e. The fourth-order valence-corrected chi connectivity index (χ4v) is 5.48. The topological polar surface area (TPSA) is 101 Å². The standard InChI is InChI=1S/C26H20N4O4S/c1-34-19-8-4-17-12-30(23(31)20(17)11-19)13-26(24(32)28-25(33)29-26)18-6-2-15(3-7-18)16-5-9-21-22(10-16)35-14-27-21/h2-11,14H,12-13H2,1H3,(H2,28,29,32,33)/t26-/m0/s1. The number of fused-ring (bicyclic) bond motifs is 2. The van der Waals surface area contributed by atoms with Gasteiger partial charge in [0.15, 0.2) is 5.54 Å². The maximum absolute atomic E-state index is 13.2. The molecule has 8 nitrogen and oxygen atoms in total. The van der Waals surface area contributed by atoms with Gasteiger partial charge >= 0.3 is 6.03 Å². The number of nitrogens with zero attached hydrogens (tertiary/aromatic N) is 2. The number of thiazole rings is 1. The highest BCUT2D eigenvalue weighted by Gasteiger charge is 2.50. The normalized spacial score (nSPS) is 19.1. The minimum Gasteiger partial charge on any atom is -0.497 e. The van der Waals surface area contributed by atoms with Crippen molar-refractivity contribution >= 4 is 39.4 Å². The van der Waals surface area contributed by atoms with Gasteiger partial charge in [0.25, 0.3) is 11.8 Å². The van der Waals surface area contributed by atoms with Gasteiger partial charge in [-0.05, 0) is 46.5 Å². The Morgan fingerprint density at radius 1 is 1.03 bits per heavy atom. The van der Waals surface area contributed by atoms with Crippen LogP contribution in [0.15, 0.2) is 66.2 Å². The van der Waals surface area contributed by atoms with Crippen LogP contribution in [0.3, 0.4) is 0 Å². The Balaban J connectivity index is 1.33. The molecule has 2 N–H and O–H groups in total. The van der Waals surface area contributed by atoms with Crippen LogP contribution in [0.2, 0.25) is 0 Å². The molecule has 4 amide bonds. The third kappa shape index (κ3) is 3.43. The molecule has 0 aliphatic carbocycles. The Morgan fingerprint density at radius 3 is 2.57 bits per heavy atom. The summed E-state index contributed by atoms with van der Waals surface area (Å²) in [6, 6.07) is 18.3. The fourth-order valence-electron chi connectivity index (χ4n) is 4.76. The van der Waals surface area contributed by atoms with E-state index in [4.69, 9.17) is 4.74 Å². The number of ether oxygens (including phenoxy) is 1. The fraction of sp³-hybridized carbons (Fsp3) is 0.154. The summed E-state index contributed by atoms with van der Waals surface area (Å²) in [4.78, 5) is 44.4. The number of benzene rings is 3. The highest BCUT2D eigenvalue weighted by Crippen LogP contribution is 2.34. The summed E-state index contributed by atoms with van der Waals surface area (Å²) in [5, 5.41) is 5.13. The number of hydrogen-bond donors (Lipinski definition) is 2. The van der Waals surface area contributed by atoms with E-state index in [1.165, 1.54) is 0 Å². The van der Waals surface area contributed by atoms with E-state index in [9.17, 15) is 14.4 Å². The molecular formula is C26H20N4O4S. The number of rotatable bonds is 5. The van der Waals surface area contributed by atoms with Crippen molar-refractivity contribution < 1.29 is 19.1 Å². The van der Waals surface area contributed by atoms with E-state index in [1.54, 1.807) is 35.5 Å². The first kappa shape index (κ1) is 21.3. The summed E-state index contributed by atoms with van der Waals surface area (Å²) in [5.74, 6) is -0.1000. The number of imide groups is 1. The van der Waals surface area contributed by atoms with Crippen molar-refractivity contribution in [2.75, 3.05) is 13.7 Å². The minimum absolute atomic E-state index is 0.00652. The molecule has 2 aliphatic rings. The van der Waals surface area contributed by atoms with Crippen LogP contribution in [0.25, 0.3) is 21.3 Å². The number of aromatic nitrogens is 1. The molecule has 35 heavy (non-hydrogen) atoms. The first-order valence-corrected chi connectivity index (χ1v) is 11.9. The van der Waals surface area contributed by atoms with Crippen molar-refractivity contribution in [3.8, 4) is 16.9 Å². The monoisotopic (exact) mass is 484 g/mol. The molecule has 0 saturated carbocycles. The van der Waals surface area contributed by atoms with Crippen molar-refractivity contribution in [1.29, 1.82) is 0 Å². The zero-order valence-electron chi connectivity index (χ0n) is 18.7. The lowest BCUT2D eigenvalue weighted by atomic mass is 9.88. The van der Waals surface area contributed by atoms with Crippen LogP contribution in [0.1, 0.15) is 21.5 Å². The first-order chi connectivity index (χ1) is 17.0. The number of carbonyl (C=O) groups excluding carboxylic acids is 3. The van der Waals surface area contributed by atoms with Crippen molar-refractivity contribution in [3.63, 3.8) is 0 Å². The van der Waals surface area contributed by atoms with Gasteiger partial charge in [0, 0.05) is 12.1 Å². The molecule has 6 rings (SSSR count). The second-order valence-electron chi connectivity index (χ2n) is 8.61. The average Bonchev–Trinajstić information content (AvgIpc) is 3.55. The SMILES string of the molecule is COc1ccc2c(c1)C(=O)N(C[C@@]1(c3ccc(-c4ccc5ncsc5c4)cc3)NC(=O)NC1=O)C2. The molecule has 0 bridgehead atoms. The van der Waals surface area contributed by atoms with Crippen molar-refractivity contribution in [1.82, 2.24) is 20.5 Å². The van der Waals surface area contributed by atoms with Gasteiger partial charge in [-0.25, -0.2) is 9.78 Å². The number of carbonyl (C=O) groups is 3. The first-order valence-electron chi connectivity index (χ1n) is 11.0. The Hall–Kier alpha value is -4.24. The maximum atomic E-state index is 13.2. The summed E-state index contributed by atoms with van der Waals surface area (Å²) in [5.41, 5.74) is 5.37. The summed E-state index contributed by atoms with van der Waals surface area (Å²) in [7, 11) is 1.55. The Labute approximate surface area is 204 Å². The predicted octanol–water partition coefficient (Wildman–Crippen LogP) is 3.66. The molecule has 3 aromatic carbocycles. The lowest BCUT2D eigenvalue weighted by Crippen LogP contribution is -2.52. The molecule has 0 spiro atoms. The van der Waals surface area contributed by atoms with Gasteiger partial charge in [-0.15, -0.1) is 11.3 Å². The van der Waals surface area contributed by atoms with Crippen LogP contribution in [-0.2, 0) is 16.9 Å². The zero-order valence-corrected chi connectivity index (χ0v) is 19.5. The van der Waals surface area contributed by atoms with Crippen LogP contribution in [-0.4, -0.2) is 41.4 Å². The third-order valence-corrected chi connectivity index (χ3v) is 7.40. The second-order valence-corrected chi connectivity index (χ2v) is 9.50.